The Hall–Kier alpha value is -2.51. The number of aromatic nitrogens is 1. The summed E-state index contributed by atoms with van der Waals surface area (Å²) < 4.78 is 40.0. The highest BCUT2D eigenvalue weighted by molar-refractivity contribution is 7.89. The van der Waals surface area contributed by atoms with Crippen molar-refractivity contribution in [3.63, 3.8) is 0 Å². The molecule has 1 fully saturated rings. The van der Waals surface area contributed by atoms with E-state index in [2.05, 4.69) is 9.88 Å². The molecule has 0 spiro atoms. The summed E-state index contributed by atoms with van der Waals surface area (Å²) in [6.07, 6.45) is 1.76. The molecule has 0 unspecified atom stereocenters. The maximum Gasteiger partial charge on any atom is 0.243 e. The van der Waals surface area contributed by atoms with E-state index in [4.69, 9.17) is 0 Å². The lowest BCUT2D eigenvalue weighted by Crippen LogP contribution is -2.48. The molecule has 26 heavy (non-hydrogen) atoms. The van der Waals surface area contributed by atoms with Crippen LogP contribution < -0.4 is 4.90 Å². The second-order valence-electron chi connectivity index (χ2n) is 6.20. The van der Waals surface area contributed by atoms with Crippen LogP contribution >= 0.6 is 0 Å². The summed E-state index contributed by atoms with van der Waals surface area (Å²) in [5, 5.41) is 1.06. The third kappa shape index (κ3) is 3.04. The highest BCUT2D eigenvalue weighted by Crippen LogP contribution is 2.27. The van der Waals surface area contributed by atoms with Gasteiger partial charge in [-0.15, -0.1) is 0 Å². The van der Waals surface area contributed by atoms with Crippen LogP contribution in [0, 0.1) is 5.82 Å². The molecule has 5 nitrogen and oxygen atoms in total. The van der Waals surface area contributed by atoms with E-state index in [1.807, 2.05) is 30.3 Å². The number of piperazine rings is 1. The summed E-state index contributed by atoms with van der Waals surface area (Å²) in [5.74, 6) is -0.447. The van der Waals surface area contributed by atoms with Crippen molar-refractivity contribution in [1.29, 1.82) is 0 Å². The summed E-state index contributed by atoms with van der Waals surface area (Å²) in [6, 6.07) is 14.9. The molecule has 0 bridgehead atoms. The lowest BCUT2D eigenvalue weighted by atomic mass is 10.1. The second-order valence-corrected chi connectivity index (χ2v) is 8.14. The average Bonchev–Trinajstić information content (AvgIpc) is 2.68. The molecule has 0 N–H and O–H groups in total. The minimum atomic E-state index is -3.60. The number of pyridine rings is 1. The molecule has 1 saturated heterocycles. The molecule has 7 heteroatoms. The van der Waals surface area contributed by atoms with Gasteiger partial charge in [-0.05, 0) is 36.4 Å². The van der Waals surface area contributed by atoms with Crippen LogP contribution in [0.3, 0.4) is 0 Å². The molecule has 1 aromatic heterocycles. The van der Waals surface area contributed by atoms with Crippen molar-refractivity contribution < 1.29 is 12.8 Å². The van der Waals surface area contributed by atoms with Crippen LogP contribution in [0.1, 0.15) is 0 Å². The van der Waals surface area contributed by atoms with Gasteiger partial charge in [0.15, 0.2) is 0 Å². The van der Waals surface area contributed by atoms with E-state index in [9.17, 15) is 12.8 Å². The molecular formula is C19H18FN3O2S. The van der Waals surface area contributed by atoms with Crippen LogP contribution in [0.4, 0.5) is 10.1 Å². The van der Waals surface area contributed by atoms with E-state index in [0.717, 1.165) is 16.6 Å². The van der Waals surface area contributed by atoms with Crippen LogP contribution in [0.15, 0.2) is 65.7 Å². The van der Waals surface area contributed by atoms with Gasteiger partial charge in [-0.25, -0.2) is 12.8 Å². The number of halogens is 1. The third-order valence-corrected chi connectivity index (χ3v) is 6.56. The summed E-state index contributed by atoms with van der Waals surface area (Å²) in [5.41, 5.74) is 1.94. The topological polar surface area (TPSA) is 53.5 Å². The quantitative estimate of drug-likeness (QED) is 0.710. The molecule has 0 saturated carbocycles. The average molecular weight is 371 g/mol. The van der Waals surface area contributed by atoms with Crippen molar-refractivity contribution >= 4 is 26.6 Å². The molecular weight excluding hydrogens is 353 g/mol. The molecule has 3 aromatic rings. The minimum Gasteiger partial charge on any atom is -0.367 e. The smallest absolute Gasteiger partial charge is 0.243 e. The first kappa shape index (κ1) is 16.9. The van der Waals surface area contributed by atoms with Gasteiger partial charge in [0.25, 0.3) is 0 Å². The molecule has 0 amide bonds. The maximum absolute atomic E-state index is 13.1. The molecule has 2 heterocycles. The number of hydrogen-bond donors (Lipinski definition) is 0. The fourth-order valence-corrected chi connectivity index (χ4v) is 4.69. The van der Waals surface area contributed by atoms with E-state index in [1.165, 1.54) is 28.6 Å². The maximum atomic E-state index is 13.1. The van der Waals surface area contributed by atoms with Crippen molar-refractivity contribution in [1.82, 2.24) is 9.29 Å². The lowest BCUT2D eigenvalue weighted by molar-refractivity contribution is 0.385. The first-order valence-electron chi connectivity index (χ1n) is 8.40. The first-order chi connectivity index (χ1) is 12.6. The van der Waals surface area contributed by atoms with E-state index in [-0.39, 0.29) is 4.90 Å². The summed E-state index contributed by atoms with van der Waals surface area (Å²) >= 11 is 0. The summed E-state index contributed by atoms with van der Waals surface area (Å²) in [4.78, 5) is 6.75. The number of fused-ring (bicyclic) bond motifs is 1. The Morgan fingerprint density at radius 1 is 0.885 bits per heavy atom. The van der Waals surface area contributed by atoms with Gasteiger partial charge < -0.3 is 4.90 Å². The third-order valence-electron chi connectivity index (χ3n) is 4.64. The Morgan fingerprint density at radius 3 is 2.31 bits per heavy atom. The predicted molar refractivity (Wildman–Crippen MR) is 99.1 cm³/mol. The Labute approximate surface area is 151 Å². The van der Waals surface area contributed by atoms with Gasteiger partial charge in [0.05, 0.1) is 16.1 Å². The number of rotatable bonds is 3. The van der Waals surface area contributed by atoms with Crippen LogP contribution in [0.2, 0.25) is 0 Å². The molecule has 0 radical (unpaired) electrons. The van der Waals surface area contributed by atoms with E-state index < -0.39 is 15.8 Å². The zero-order chi connectivity index (χ0) is 18.1. The number of benzene rings is 2. The molecule has 4 rings (SSSR count). The SMILES string of the molecule is O=S(=O)(c1ccc(F)cc1)N1CCN(c2cccc3cccnc23)CC1. The Balaban J connectivity index is 1.54. The molecule has 1 aliphatic rings. The highest BCUT2D eigenvalue weighted by atomic mass is 32.2. The summed E-state index contributed by atoms with van der Waals surface area (Å²) in [7, 11) is -3.60. The van der Waals surface area contributed by atoms with Gasteiger partial charge in [0.2, 0.25) is 10.0 Å². The zero-order valence-corrected chi connectivity index (χ0v) is 14.9. The van der Waals surface area contributed by atoms with Gasteiger partial charge in [0.1, 0.15) is 5.82 Å². The molecule has 1 aliphatic heterocycles. The predicted octanol–water partition coefficient (Wildman–Crippen LogP) is 2.88. The lowest BCUT2D eigenvalue weighted by Gasteiger charge is -2.35. The number of para-hydroxylation sites is 1. The number of hydrogen-bond acceptors (Lipinski definition) is 4. The first-order valence-corrected chi connectivity index (χ1v) is 9.84. The van der Waals surface area contributed by atoms with Gasteiger partial charge >= 0.3 is 0 Å². The zero-order valence-electron chi connectivity index (χ0n) is 14.0. The Bertz CT molecular complexity index is 1020. The molecule has 134 valence electrons. The molecule has 2 aromatic carbocycles. The van der Waals surface area contributed by atoms with Gasteiger partial charge in [-0.3, -0.25) is 4.98 Å². The number of nitrogens with zero attached hydrogens (tertiary/aromatic N) is 3. The second kappa shape index (κ2) is 6.66. The van der Waals surface area contributed by atoms with Crippen LogP contribution in [-0.4, -0.2) is 43.9 Å². The number of sulfonamides is 1. The van der Waals surface area contributed by atoms with Gasteiger partial charge in [-0.2, -0.15) is 4.31 Å². The monoisotopic (exact) mass is 371 g/mol. The van der Waals surface area contributed by atoms with Crippen molar-refractivity contribution in [2.75, 3.05) is 31.1 Å². The standard InChI is InChI=1S/C19H18FN3O2S/c20-16-6-8-17(9-7-16)26(24,25)23-13-11-22(12-14-23)18-5-1-3-15-4-2-10-21-19(15)18/h1-10H,11-14H2. The fourth-order valence-electron chi connectivity index (χ4n) is 3.27. The van der Waals surface area contributed by atoms with Crippen molar-refractivity contribution in [2.45, 2.75) is 4.90 Å². The number of anilines is 1. The Morgan fingerprint density at radius 2 is 1.58 bits per heavy atom. The molecule has 0 atom stereocenters. The van der Waals surface area contributed by atoms with E-state index in [1.54, 1.807) is 6.20 Å². The molecule has 0 aliphatic carbocycles. The van der Waals surface area contributed by atoms with Crippen LogP contribution in [0.25, 0.3) is 10.9 Å². The van der Waals surface area contributed by atoms with Crippen molar-refractivity contribution in [2.24, 2.45) is 0 Å². The highest BCUT2D eigenvalue weighted by Gasteiger charge is 2.29. The van der Waals surface area contributed by atoms with Crippen molar-refractivity contribution in [3.05, 3.63) is 66.6 Å². The Kier molecular flexibility index (Phi) is 4.34. The van der Waals surface area contributed by atoms with Crippen LogP contribution in [-0.2, 0) is 10.0 Å². The van der Waals surface area contributed by atoms with E-state index >= 15 is 0 Å². The van der Waals surface area contributed by atoms with Crippen LogP contribution in [0.5, 0.6) is 0 Å². The fraction of sp³-hybridized carbons (Fsp3) is 0.211. The van der Waals surface area contributed by atoms with Crippen molar-refractivity contribution in [3.8, 4) is 0 Å². The normalized spacial score (nSPS) is 16.1. The van der Waals surface area contributed by atoms with Gasteiger partial charge in [-0.1, -0.05) is 18.2 Å². The van der Waals surface area contributed by atoms with E-state index in [0.29, 0.717) is 26.2 Å². The largest absolute Gasteiger partial charge is 0.367 e. The summed E-state index contributed by atoms with van der Waals surface area (Å²) in [6.45, 7) is 1.91. The minimum absolute atomic E-state index is 0.124. The van der Waals surface area contributed by atoms with Gasteiger partial charge in [0, 0.05) is 37.8 Å².